The fourth-order valence-electron chi connectivity index (χ4n) is 4.83. The molecule has 0 aliphatic heterocycles. The molecule has 0 aromatic heterocycles. The first-order valence-electron chi connectivity index (χ1n) is 12.7. The molecular weight excluding hydrogens is 504 g/mol. The summed E-state index contributed by atoms with van der Waals surface area (Å²) >= 11 is 0. The van der Waals surface area contributed by atoms with Crippen molar-refractivity contribution in [2.24, 2.45) is 5.92 Å². The molecule has 0 radical (unpaired) electrons. The summed E-state index contributed by atoms with van der Waals surface area (Å²) in [6.07, 6.45) is -1.76. The van der Waals surface area contributed by atoms with Crippen molar-refractivity contribution in [3.63, 3.8) is 0 Å². The highest BCUT2D eigenvalue weighted by atomic mass is 32.2. The van der Waals surface area contributed by atoms with Crippen LogP contribution in [0.25, 0.3) is 0 Å². The molecule has 0 saturated heterocycles. The summed E-state index contributed by atoms with van der Waals surface area (Å²) in [7, 11) is -3.90. The molecule has 0 heterocycles. The van der Waals surface area contributed by atoms with E-state index in [2.05, 4.69) is 10.0 Å². The van der Waals surface area contributed by atoms with E-state index in [-0.39, 0.29) is 23.8 Å². The summed E-state index contributed by atoms with van der Waals surface area (Å²) in [5.74, 6) is -0.965. The highest BCUT2D eigenvalue weighted by Gasteiger charge is 2.34. The topological polar surface area (TPSA) is 136 Å². The van der Waals surface area contributed by atoms with Gasteiger partial charge in [-0.15, -0.1) is 0 Å². The predicted molar refractivity (Wildman–Crippen MR) is 144 cm³/mol. The maximum atomic E-state index is 13.4. The lowest BCUT2D eigenvalue weighted by Gasteiger charge is -2.24. The quantitative estimate of drug-likeness (QED) is 0.254. The number of hydrogen-bond donors (Lipinski definition) is 5. The van der Waals surface area contributed by atoms with Gasteiger partial charge in [0, 0.05) is 18.9 Å². The molecule has 1 amide bonds. The standard InChI is InChI=1S/C29H34N2O6S/c1-19(32)21-11-13-25(14-12-21)38(36,37)30-18-24(33)16-23(15-20-7-3-2-4-8-20)29(35)31-28-26-10-6-5-9-22(26)17-27(28)34/h2-14,19,23-24,27-28,30,32-34H,15-18H2,1H3,(H,31,35). The third kappa shape index (κ3) is 6.86. The Bertz CT molecular complexity index is 1330. The summed E-state index contributed by atoms with van der Waals surface area (Å²) in [4.78, 5) is 13.4. The zero-order valence-corrected chi connectivity index (χ0v) is 22.0. The highest BCUT2D eigenvalue weighted by molar-refractivity contribution is 7.89. The van der Waals surface area contributed by atoms with E-state index in [1.165, 1.54) is 24.3 Å². The molecule has 8 nitrogen and oxygen atoms in total. The number of carbonyl (C=O) groups is 1. The Hall–Kier alpha value is -3.08. The second-order valence-electron chi connectivity index (χ2n) is 9.83. The number of nitrogens with one attached hydrogen (secondary N) is 2. The lowest BCUT2D eigenvalue weighted by molar-refractivity contribution is -0.127. The first-order valence-corrected chi connectivity index (χ1v) is 14.2. The van der Waals surface area contributed by atoms with Crippen LogP contribution < -0.4 is 10.0 Å². The molecule has 9 heteroatoms. The van der Waals surface area contributed by atoms with E-state index in [0.29, 0.717) is 18.4 Å². The summed E-state index contributed by atoms with van der Waals surface area (Å²) in [5, 5.41) is 33.9. The Morgan fingerprint density at radius 3 is 2.32 bits per heavy atom. The fraction of sp³-hybridized carbons (Fsp3) is 0.345. The zero-order valence-electron chi connectivity index (χ0n) is 21.2. The van der Waals surface area contributed by atoms with Gasteiger partial charge >= 0.3 is 0 Å². The van der Waals surface area contributed by atoms with Crippen molar-refractivity contribution in [1.29, 1.82) is 0 Å². The highest BCUT2D eigenvalue weighted by Crippen LogP contribution is 2.32. The molecule has 202 valence electrons. The number of aliphatic hydroxyl groups is 3. The second-order valence-corrected chi connectivity index (χ2v) is 11.6. The number of aliphatic hydroxyl groups excluding tert-OH is 3. The lowest BCUT2D eigenvalue weighted by atomic mass is 9.92. The monoisotopic (exact) mass is 538 g/mol. The number of fused-ring (bicyclic) bond motifs is 1. The number of amides is 1. The van der Waals surface area contributed by atoms with Crippen LogP contribution in [0.5, 0.6) is 0 Å². The smallest absolute Gasteiger partial charge is 0.240 e. The van der Waals surface area contributed by atoms with E-state index in [9.17, 15) is 28.5 Å². The molecule has 4 rings (SSSR count). The maximum absolute atomic E-state index is 13.4. The molecule has 38 heavy (non-hydrogen) atoms. The van der Waals surface area contributed by atoms with Gasteiger partial charge in [0.05, 0.1) is 29.2 Å². The normalized spacial score (nSPS) is 19.4. The van der Waals surface area contributed by atoms with Crippen molar-refractivity contribution in [3.05, 3.63) is 101 Å². The lowest BCUT2D eigenvalue weighted by Crippen LogP contribution is -2.41. The van der Waals surface area contributed by atoms with Crippen LogP contribution >= 0.6 is 0 Å². The summed E-state index contributed by atoms with van der Waals surface area (Å²) < 4.78 is 27.9. The van der Waals surface area contributed by atoms with Crippen LogP contribution in [0.2, 0.25) is 0 Å². The summed E-state index contributed by atoms with van der Waals surface area (Å²) in [6, 6.07) is 22.3. The molecule has 0 saturated carbocycles. The van der Waals surface area contributed by atoms with Crippen LogP contribution in [0, 0.1) is 5.92 Å². The number of rotatable bonds is 11. The maximum Gasteiger partial charge on any atom is 0.240 e. The molecule has 0 bridgehead atoms. The van der Waals surface area contributed by atoms with Gasteiger partial charge in [0.25, 0.3) is 0 Å². The summed E-state index contributed by atoms with van der Waals surface area (Å²) in [5.41, 5.74) is 3.36. The number of benzene rings is 3. The molecule has 0 spiro atoms. The Morgan fingerprint density at radius 1 is 0.974 bits per heavy atom. The fourth-order valence-corrected chi connectivity index (χ4v) is 5.90. The molecule has 3 aromatic rings. The Morgan fingerprint density at radius 2 is 1.63 bits per heavy atom. The van der Waals surface area contributed by atoms with Crippen molar-refractivity contribution in [3.8, 4) is 0 Å². The molecule has 5 N–H and O–H groups in total. The van der Waals surface area contributed by atoms with Gasteiger partial charge in [0.2, 0.25) is 15.9 Å². The van der Waals surface area contributed by atoms with Crippen LogP contribution in [-0.2, 0) is 27.7 Å². The molecule has 5 atom stereocenters. The number of hydrogen-bond acceptors (Lipinski definition) is 6. The number of sulfonamides is 1. The minimum Gasteiger partial charge on any atom is -0.392 e. The van der Waals surface area contributed by atoms with Crippen LogP contribution in [0.15, 0.2) is 83.8 Å². The third-order valence-electron chi connectivity index (χ3n) is 6.94. The van der Waals surface area contributed by atoms with Gasteiger partial charge in [0.15, 0.2) is 0 Å². The molecule has 0 fully saturated rings. The van der Waals surface area contributed by atoms with Crippen LogP contribution in [0.4, 0.5) is 0 Å². The van der Waals surface area contributed by atoms with Crippen molar-refractivity contribution in [1.82, 2.24) is 10.0 Å². The van der Waals surface area contributed by atoms with E-state index < -0.39 is 40.3 Å². The van der Waals surface area contributed by atoms with Crippen LogP contribution in [-0.4, -0.2) is 48.4 Å². The molecule has 3 aromatic carbocycles. The summed E-state index contributed by atoms with van der Waals surface area (Å²) in [6.45, 7) is 1.32. The molecular formula is C29H34N2O6S. The Balaban J connectivity index is 1.43. The van der Waals surface area contributed by atoms with E-state index in [0.717, 1.165) is 16.7 Å². The van der Waals surface area contributed by atoms with E-state index in [1.54, 1.807) is 6.92 Å². The first kappa shape index (κ1) is 27.9. The average molecular weight is 539 g/mol. The minimum atomic E-state index is -3.90. The van der Waals surface area contributed by atoms with E-state index >= 15 is 0 Å². The van der Waals surface area contributed by atoms with Crippen molar-refractivity contribution in [2.75, 3.05) is 6.54 Å². The third-order valence-corrected chi connectivity index (χ3v) is 8.38. The van der Waals surface area contributed by atoms with Gasteiger partial charge in [-0.1, -0.05) is 66.7 Å². The molecule has 1 aliphatic carbocycles. The van der Waals surface area contributed by atoms with E-state index in [1.807, 2.05) is 54.6 Å². The van der Waals surface area contributed by atoms with Crippen molar-refractivity contribution < 1.29 is 28.5 Å². The van der Waals surface area contributed by atoms with Gasteiger partial charge in [-0.25, -0.2) is 13.1 Å². The van der Waals surface area contributed by atoms with Gasteiger partial charge in [-0.2, -0.15) is 0 Å². The number of carbonyl (C=O) groups excluding carboxylic acids is 1. The van der Waals surface area contributed by atoms with Crippen LogP contribution in [0.3, 0.4) is 0 Å². The second kappa shape index (κ2) is 12.2. The SMILES string of the molecule is CC(O)c1ccc(S(=O)(=O)NCC(O)CC(Cc2ccccc2)C(=O)NC2c3ccccc3CC2O)cc1. The van der Waals surface area contributed by atoms with Gasteiger partial charge < -0.3 is 20.6 Å². The average Bonchev–Trinajstić information content (AvgIpc) is 3.22. The van der Waals surface area contributed by atoms with E-state index in [4.69, 9.17) is 0 Å². The molecule has 5 unspecified atom stereocenters. The van der Waals surface area contributed by atoms with Crippen molar-refractivity contribution in [2.45, 2.75) is 55.4 Å². The Labute approximate surface area is 223 Å². The predicted octanol–water partition coefficient (Wildman–Crippen LogP) is 2.40. The minimum absolute atomic E-state index is 0.0153. The zero-order chi connectivity index (χ0) is 27.3. The Kier molecular flexibility index (Phi) is 8.96. The molecule has 1 aliphatic rings. The largest absolute Gasteiger partial charge is 0.392 e. The first-order chi connectivity index (χ1) is 18.1. The van der Waals surface area contributed by atoms with Gasteiger partial charge in [-0.3, -0.25) is 4.79 Å². The van der Waals surface area contributed by atoms with Gasteiger partial charge in [-0.05, 0) is 54.2 Å². The van der Waals surface area contributed by atoms with Gasteiger partial charge in [0.1, 0.15) is 0 Å². The van der Waals surface area contributed by atoms with Crippen LogP contribution in [0.1, 0.15) is 47.7 Å². The van der Waals surface area contributed by atoms with Crippen molar-refractivity contribution >= 4 is 15.9 Å².